The largest absolute Gasteiger partial charge is 0.476 e. The minimum absolute atomic E-state index is 0.0290. The van der Waals surface area contributed by atoms with Gasteiger partial charge in [-0.3, -0.25) is 0 Å². The van der Waals surface area contributed by atoms with Crippen LogP contribution in [-0.4, -0.2) is 21.3 Å². The monoisotopic (exact) mass is 360 g/mol. The van der Waals surface area contributed by atoms with E-state index in [2.05, 4.69) is 26.1 Å². The topological polar surface area (TPSA) is 63.1 Å². The molecule has 0 fully saturated rings. The smallest absolute Gasteiger partial charge is 0.357 e. The second-order valence-electron chi connectivity index (χ2n) is 4.26. The summed E-state index contributed by atoms with van der Waals surface area (Å²) in [7, 11) is 0. The molecule has 0 saturated heterocycles. The molecule has 1 N–H and O–H groups in total. The number of aromatic carboxylic acids is 1. The number of carbonyl (C=O) groups is 1. The summed E-state index contributed by atoms with van der Waals surface area (Å²) in [4.78, 5) is 12.9. The summed E-state index contributed by atoms with van der Waals surface area (Å²) in [6, 6.07) is 15.1. The van der Waals surface area contributed by atoms with E-state index in [9.17, 15) is 9.90 Å². The highest BCUT2D eigenvalue weighted by Gasteiger charge is 2.17. The second kappa shape index (κ2) is 5.83. The van der Waals surface area contributed by atoms with E-state index in [1.807, 2.05) is 48.5 Å². The molecular formula is C15H9BrN2O2S. The van der Waals surface area contributed by atoms with E-state index in [4.69, 9.17) is 0 Å². The highest BCUT2D eigenvalue weighted by atomic mass is 79.9. The van der Waals surface area contributed by atoms with Gasteiger partial charge in [-0.2, -0.15) is 0 Å². The lowest BCUT2D eigenvalue weighted by molar-refractivity contribution is 0.0685. The van der Waals surface area contributed by atoms with Crippen molar-refractivity contribution in [1.82, 2.24) is 10.2 Å². The molecule has 0 amide bonds. The van der Waals surface area contributed by atoms with Gasteiger partial charge in [0.25, 0.3) is 0 Å². The van der Waals surface area contributed by atoms with Gasteiger partial charge in [0.05, 0.1) is 10.4 Å². The van der Waals surface area contributed by atoms with Crippen LogP contribution in [0.15, 0.2) is 62.8 Å². The van der Waals surface area contributed by atoms with Gasteiger partial charge in [0, 0.05) is 14.8 Å². The fraction of sp³-hybridized carbons (Fsp3) is 0. The molecule has 0 bridgehead atoms. The number of carboxylic acid groups (broad SMARTS) is 1. The molecule has 6 heteroatoms. The van der Waals surface area contributed by atoms with Crippen LogP contribution in [0.3, 0.4) is 0 Å². The molecule has 0 aliphatic rings. The van der Waals surface area contributed by atoms with Crippen LogP contribution in [-0.2, 0) is 0 Å². The van der Waals surface area contributed by atoms with Crippen LogP contribution in [0, 0.1) is 0 Å². The number of aromatic nitrogens is 2. The van der Waals surface area contributed by atoms with Gasteiger partial charge in [-0.15, -0.1) is 10.2 Å². The zero-order valence-corrected chi connectivity index (χ0v) is 13.1. The summed E-state index contributed by atoms with van der Waals surface area (Å²) in [5.41, 5.74) is 0.652. The van der Waals surface area contributed by atoms with Crippen molar-refractivity contribution in [1.29, 1.82) is 0 Å². The quantitative estimate of drug-likeness (QED) is 0.756. The number of fused-ring (bicyclic) bond motifs is 1. The van der Waals surface area contributed by atoms with Gasteiger partial charge in [-0.25, -0.2) is 4.79 Å². The molecule has 0 saturated carbocycles. The Morgan fingerprint density at radius 2 is 1.90 bits per heavy atom. The Labute approximate surface area is 133 Å². The van der Waals surface area contributed by atoms with E-state index in [1.165, 1.54) is 11.8 Å². The van der Waals surface area contributed by atoms with E-state index >= 15 is 0 Å². The average molecular weight is 361 g/mol. The van der Waals surface area contributed by atoms with Crippen LogP contribution in [0.2, 0.25) is 0 Å². The fourth-order valence-electron chi connectivity index (χ4n) is 1.92. The van der Waals surface area contributed by atoms with Crippen molar-refractivity contribution in [2.24, 2.45) is 0 Å². The number of hydrogen-bond donors (Lipinski definition) is 1. The number of halogens is 1. The molecule has 0 atom stereocenters. The van der Waals surface area contributed by atoms with Crippen molar-refractivity contribution in [3.63, 3.8) is 0 Å². The molecule has 0 radical (unpaired) electrons. The van der Waals surface area contributed by atoms with E-state index in [0.717, 1.165) is 14.8 Å². The lowest BCUT2D eigenvalue weighted by Gasteiger charge is -2.08. The van der Waals surface area contributed by atoms with Crippen molar-refractivity contribution < 1.29 is 9.90 Å². The average Bonchev–Trinajstić information content (AvgIpc) is 2.47. The highest BCUT2D eigenvalue weighted by molar-refractivity contribution is 9.10. The van der Waals surface area contributed by atoms with Gasteiger partial charge in [0.1, 0.15) is 0 Å². The Hall–Kier alpha value is -1.92. The zero-order valence-electron chi connectivity index (χ0n) is 10.7. The molecule has 1 aromatic heterocycles. The molecule has 0 unspecified atom stereocenters. The second-order valence-corrected chi connectivity index (χ2v) is 6.26. The Bertz CT molecular complexity index is 839. The fourth-order valence-corrected chi connectivity index (χ4v) is 3.55. The molecule has 4 nitrogen and oxygen atoms in total. The third-order valence-corrected chi connectivity index (χ3v) is 4.44. The first-order chi connectivity index (χ1) is 10.1. The Morgan fingerprint density at radius 1 is 1.10 bits per heavy atom. The number of benzene rings is 2. The molecule has 0 spiro atoms. The van der Waals surface area contributed by atoms with Crippen molar-refractivity contribution in [2.45, 2.75) is 9.79 Å². The molecule has 104 valence electrons. The first kappa shape index (κ1) is 14.0. The summed E-state index contributed by atoms with van der Waals surface area (Å²) >= 11 is 4.79. The Balaban J connectivity index is 2.18. The standard InChI is InChI=1S/C15H9BrN2O2S/c16-9-4-3-5-10(8-9)21-14-11-6-1-2-7-12(11)17-18-13(14)15(19)20/h1-8H,(H,19,20). The third kappa shape index (κ3) is 2.91. The molecule has 0 aliphatic carbocycles. The first-order valence-electron chi connectivity index (χ1n) is 6.07. The third-order valence-electron chi connectivity index (χ3n) is 2.84. The van der Waals surface area contributed by atoms with Crippen molar-refractivity contribution >= 4 is 44.6 Å². The van der Waals surface area contributed by atoms with Gasteiger partial charge in [0.2, 0.25) is 0 Å². The number of nitrogens with zero attached hydrogens (tertiary/aromatic N) is 2. The van der Waals surface area contributed by atoms with E-state index in [0.29, 0.717) is 10.4 Å². The minimum atomic E-state index is -1.08. The van der Waals surface area contributed by atoms with Gasteiger partial charge in [-0.05, 0) is 24.3 Å². The minimum Gasteiger partial charge on any atom is -0.476 e. The predicted molar refractivity (Wildman–Crippen MR) is 84.8 cm³/mol. The number of carboxylic acids is 1. The van der Waals surface area contributed by atoms with E-state index in [-0.39, 0.29) is 5.69 Å². The normalized spacial score (nSPS) is 10.7. The highest BCUT2D eigenvalue weighted by Crippen LogP contribution is 2.35. The molecule has 1 heterocycles. The van der Waals surface area contributed by atoms with E-state index < -0.39 is 5.97 Å². The van der Waals surface area contributed by atoms with Gasteiger partial charge < -0.3 is 5.11 Å². The first-order valence-corrected chi connectivity index (χ1v) is 7.68. The maximum atomic E-state index is 11.4. The van der Waals surface area contributed by atoms with Gasteiger partial charge in [-0.1, -0.05) is 52.0 Å². The van der Waals surface area contributed by atoms with Crippen LogP contribution < -0.4 is 0 Å². The lowest BCUT2D eigenvalue weighted by Crippen LogP contribution is -2.05. The Kier molecular flexibility index (Phi) is 3.90. The number of hydrogen-bond acceptors (Lipinski definition) is 4. The van der Waals surface area contributed by atoms with Gasteiger partial charge >= 0.3 is 5.97 Å². The maximum Gasteiger partial charge on any atom is 0.357 e. The summed E-state index contributed by atoms with van der Waals surface area (Å²) < 4.78 is 0.940. The van der Waals surface area contributed by atoms with Crippen LogP contribution >= 0.6 is 27.7 Å². The van der Waals surface area contributed by atoms with Crippen LogP contribution in [0.25, 0.3) is 10.9 Å². The molecular weight excluding hydrogens is 352 g/mol. The SMILES string of the molecule is O=C(O)c1nnc2ccccc2c1Sc1cccc(Br)c1. The van der Waals surface area contributed by atoms with Crippen molar-refractivity contribution in [3.8, 4) is 0 Å². The van der Waals surface area contributed by atoms with Crippen molar-refractivity contribution in [3.05, 3.63) is 58.7 Å². The predicted octanol–water partition coefficient (Wildman–Crippen LogP) is 4.24. The number of rotatable bonds is 3. The lowest BCUT2D eigenvalue weighted by atomic mass is 10.2. The van der Waals surface area contributed by atoms with Crippen molar-refractivity contribution in [2.75, 3.05) is 0 Å². The summed E-state index contributed by atoms with van der Waals surface area (Å²) in [6.07, 6.45) is 0. The zero-order chi connectivity index (χ0) is 14.8. The molecule has 3 aromatic rings. The summed E-state index contributed by atoms with van der Waals surface area (Å²) in [5, 5.41) is 17.9. The van der Waals surface area contributed by atoms with Gasteiger partial charge in [0.15, 0.2) is 5.69 Å². The van der Waals surface area contributed by atoms with Crippen LogP contribution in [0.1, 0.15) is 10.5 Å². The molecule has 2 aromatic carbocycles. The Morgan fingerprint density at radius 3 is 2.67 bits per heavy atom. The molecule has 0 aliphatic heterocycles. The molecule has 3 rings (SSSR count). The molecule has 21 heavy (non-hydrogen) atoms. The maximum absolute atomic E-state index is 11.4. The van der Waals surface area contributed by atoms with Crippen LogP contribution in [0.5, 0.6) is 0 Å². The summed E-state index contributed by atoms with van der Waals surface area (Å²) in [6.45, 7) is 0. The van der Waals surface area contributed by atoms with Crippen LogP contribution in [0.4, 0.5) is 0 Å². The summed E-state index contributed by atoms with van der Waals surface area (Å²) in [5.74, 6) is -1.08. The van der Waals surface area contributed by atoms with E-state index in [1.54, 1.807) is 0 Å².